The Hall–Kier alpha value is 0.0806. The van der Waals surface area contributed by atoms with Crippen molar-refractivity contribution in [1.29, 1.82) is 0 Å². The summed E-state index contributed by atoms with van der Waals surface area (Å²) in [6.07, 6.45) is 0.958. The van der Waals surface area contributed by atoms with Gasteiger partial charge in [-0.1, -0.05) is 26.2 Å². The van der Waals surface area contributed by atoms with Gasteiger partial charge in [0, 0.05) is 20.1 Å². The van der Waals surface area contributed by atoms with Gasteiger partial charge in [-0.15, -0.1) is 0 Å². The van der Waals surface area contributed by atoms with E-state index in [0.29, 0.717) is 6.61 Å². The van der Waals surface area contributed by atoms with Crippen LogP contribution in [-0.4, -0.2) is 40.7 Å². The molecule has 0 radical (unpaired) electrons. The Labute approximate surface area is 127 Å². The van der Waals surface area contributed by atoms with Crippen LogP contribution in [0.15, 0.2) is 0 Å². The van der Waals surface area contributed by atoms with Crippen molar-refractivity contribution in [3.63, 3.8) is 0 Å². The third-order valence-corrected chi connectivity index (χ3v) is 46.1. The predicted octanol–water partition coefficient (Wildman–Crippen LogP) is 3.90. The van der Waals surface area contributed by atoms with Crippen molar-refractivity contribution >= 4 is 28.5 Å². The average Bonchev–Trinajstić information content (AvgIpc) is 2.19. The van der Waals surface area contributed by atoms with Crippen LogP contribution >= 0.6 is 0 Å². The Morgan fingerprint density at radius 2 is 1.75 bits per heavy atom. The summed E-state index contributed by atoms with van der Waals surface area (Å²) in [7, 11) is -4.22. The molecule has 118 valence electrons. The summed E-state index contributed by atoms with van der Waals surface area (Å²) in [6.45, 7) is 19.3. The number of hydrogen-bond acceptors (Lipinski definition) is 3. The lowest BCUT2D eigenvalue weighted by molar-refractivity contribution is -0.140. The largest absolute Gasteiger partial charge is 0.466 e. The lowest BCUT2D eigenvalue weighted by atomic mass is 10.2. The van der Waals surface area contributed by atoms with Gasteiger partial charge in [0.2, 0.25) is 0 Å². The van der Waals surface area contributed by atoms with Crippen LogP contribution in [0.5, 0.6) is 0 Å². The van der Waals surface area contributed by atoms with Crippen LogP contribution in [0, 0.1) is 0 Å². The molecule has 0 aromatic carbocycles. The van der Waals surface area contributed by atoms with Gasteiger partial charge in [-0.2, -0.15) is 0 Å². The Morgan fingerprint density at radius 1 is 1.20 bits per heavy atom. The Bertz CT molecular complexity index is 380. The molecule has 0 saturated carbocycles. The van der Waals surface area contributed by atoms with Gasteiger partial charge in [0.15, 0.2) is 7.83 Å². The van der Waals surface area contributed by atoms with E-state index in [2.05, 4.69) is 46.6 Å². The van der Waals surface area contributed by atoms with Gasteiger partial charge in [0.1, 0.15) is 0 Å². The molecule has 1 atom stereocenters. The van der Waals surface area contributed by atoms with Crippen LogP contribution in [0.1, 0.15) is 27.2 Å². The summed E-state index contributed by atoms with van der Waals surface area (Å²) in [6, 6.07) is 2.42. The molecular formula is C14H32O3Si3. The van der Waals surface area contributed by atoms with E-state index in [1.54, 1.807) is 0 Å². The van der Waals surface area contributed by atoms with Crippen LogP contribution in [-0.2, 0) is 14.0 Å². The highest BCUT2D eigenvalue weighted by Gasteiger charge is 2.62. The van der Waals surface area contributed by atoms with E-state index in [1.165, 1.54) is 13.0 Å². The highest BCUT2D eigenvalue weighted by atomic mass is 29.6. The molecule has 1 saturated heterocycles. The third-order valence-electron chi connectivity index (χ3n) is 5.49. The minimum absolute atomic E-state index is 0.0423. The number of rotatable bonds is 4. The molecule has 1 heterocycles. The number of esters is 1. The third kappa shape index (κ3) is 3.64. The molecule has 6 heteroatoms. The first-order chi connectivity index (χ1) is 8.83. The number of carbonyl (C=O) groups is 1. The monoisotopic (exact) mass is 332 g/mol. The van der Waals surface area contributed by atoms with Crippen LogP contribution < -0.4 is 0 Å². The summed E-state index contributed by atoms with van der Waals surface area (Å²) in [5.41, 5.74) is 0.0423. The second-order valence-corrected chi connectivity index (χ2v) is 35.0. The minimum atomic E-state index is -1.70. The van der Waals surface area contributed by atoms with E-state index in [4.69, 9.17) is 9.16 Å². The molecule has 1 aliphatic rings. The van der Waals surface area contributed by atoms with Crippen molar-refractivity contribution in [2.45, 2.75) is 77.6 Å². The highest BCUT2D eigenvalue weighted by Crippen LogP contribution is 2.45. The molecule has 0 aliphatic carbocycles. The lowest BCUT2D eigenvalue weighted by Crippen LogP contribution is -2.78. The van der Waals surface area contributed by atoms with E-state index >= 15 is 0 Å². The molecule has 0 spiro atoms. The molecule has 1 unspecified atom stereocenters. The SMILES string of the molecule is CC(=O)OCCC[Si]1(C)OC(C)(C)C[Si](C)(C)[Si]1(C)C. The molecule has 3 nitrogen and oxygen atoms in total. The summed E-state index contributed by atoms with van der Waals surface area (Å²) < 4.78 is 11.8. The smallest absolute Gasteiger partial charge is 0.302 e. The topological polar surface area (TPSA) is 35.5 Å². The van der Waals surface area contributed by atoms with Crippen molar-refractivity contribution < 1.29 is 14.0 Å². The predicted molar refractivity (Wildman–Crippen MR) is 92.6 cm³/mol. The second-order valence-electron chi connectivity index (χ2n) is 8.22. The van der Waals surface area contributed by atoms with Gasteiger partial charge >= 0.3 is 5.97 Å². The first-order valence-corrected chi connectivity index (χ1v) is 18.5. The van der Waals surface area contributed by atoms with Crippen LogP contribution in [0.4, 0.5) is 0 Å². The molecule has 20 heavy (non-hydrogen) atoms. The van der Waals surface area contributed by atoms with Gasteiger partial charge in [-0.3, -0.25) is 4.79 Å². The maximum absolute atomic E-state index is 10.9. The fraction of sp³-hybridized carbons (Fsp3) is 0.929. The molecule has 1 rings (SSSR count). The molecule has 0 aromatic heterocycles. The Kier molecular flexibility index (Phi) is 5.17. The molecule has 0 bridgehead atoms. The van der Waals surface area contributed by atoms with Crippen LogP contribution in [0.2, 0.25) is 44.8 Å². The highest BCUT2D eigenvalue weighted by molar-refractivity contribution is 7.67. The number of carbonyl (C=O) groups excluding carboxylic acids is 1. The first kappa shape index (κ1) is 18.1. The summed E-state index contributed by atoms with van der Waals surface area (Å²) >= 11 is 0. The summed E-state index contributed by atoms with van der Waals surface area (Å²) in [4.78, 5) is 10.9. The molecule has 0 aromatic rings. The molecule has 0 amide bonds. The fourth-order valence-corrected chi connectivity index (χ4v) is 37.2. The zero-order valence-corrected chi connectivity index (χ0v) is 17.6. The van der Waals surface area contributed by atoms with Gasteiger partial charge in [-0.05, 0) is 38.9 Å². The molecular weight excluding hydrogens is 300 g/mol. The van der Waals surface area contributed by atoms with Crippen molar-refractivity contribution in [3.8, 4) is 0 Å². The normalized spacial score (nSPS) is 30.8. The Morgan fingerprint density at radius 3 is 2.25 bits per heavy atom. The van der Waals surface area contributed by atoms with Gasteiger partial charge in [0.05, 0.1) is 13.7 Å². The van der Waals surface area contributed by atoms with Crippen molar-refractivity contribution in [1.82, 2.24) is 0 Å². The van der Waals surface area contributed by atoms with E-state index in [1.807, 2.05) is 0 Å². The summed E-state index contributed by atoms with van der Waals surface area (Å²) in [5.74, 6) is -0.173. The van der Waals surface area contributed by atoms with Gasteiger partial charge in [0.25, 0.3) is 0 Å². The van der Waals surface area contributed by atoms with Crippen LogP contribution in [0.3, 0.4) is 0 Å². The quantitative estimate of drug-likeness (QED) is 0.445. The Balaban J connectivity index is 2.84. The average molecular weight is 333 g/mol. The first-order valence-electron chi connectivity index (χ1n) is 7.67. The van der Waals surface area contributed by atoms with Crippen LogP contribution in [0.25, 0.3) is 0 Å². The maximum atomic E-state index is 10.9. The fourth-order valence-electron chi connectivity index (χ4n) is 3.76. The summed E-state index contributed by atoms with van der Waals surface area (Å²) in [5, 5.41) is 0. The van der Waals surface area contributed by atoms with E-state index in [9.17, 15) is 4.79 Å². The van der Waals surface area contributed by atoms with Crippen molar-refractivity contribution in [2.24, 2.45) is 0 Å². The van der Waals surface area contributed by atoms with Gasteiger partial charge < -0.3 is 9.16 Å². The van der Waals surface area contributed by atoms with E-state index in [-0.39, 0.29) is 11.6 Å². The minimum Gasteiger partial charge on any atom is -0.466 e. The maximum Gasteiger partial charge on any atom is 0.302 e. The van der Waals surface area contributed by atoms with E-state index < -0.39 is 22.5 Å². The van der Waals surface area contributed by atoms with Gasteiger partial charge in [-0.25, -0.2) is 0 Å². The molecule has 0 N–H and O–H groups in total. The number of ether oxygens (including phenoxy) is 1. The standard InChI is InChI=1S/C14H32O3Si3/c1-13(15)16-10-9-11-20(8)17-14(2,3)12-18(4,5)19(20,6)7/h9-12H2,1-8H3. The zero-order valence-electron chi connectivity index (χ0n) is 14.6. The van der Waals surface area contributed by atoms with Crippen molar-refractivity contribution in [3.05, 3.63) is 0 Å². The lowest BCUT2D eigenvalue weighted by Gasteiger charge is -2.59. The number of hydrogen-bond donors (Lipinski definition) is 0. The van der Waals surface area contributed by atoms with E-state index in [0.717, 1.165) is 12.5 Å². The zero-order chi connectivity index (χ0) is 15.8. The molecule has 1 fully saturated rings. The molecule has 1 aliphatic heterocycles. The second kappa shape index (κ2) is 5.70. The van der Waals surface area contributed by atoms with Crippen molar-refractivity contribution in [2.75, 3.05) is 6.61 Å².